The van der Waals surface area contributed by atoms with Crippen molar-refractivity contribution in [1.82, 2.24) is 28.7 Å². The minimum Gasteiger partial charge on any atom is -0.298 e. The van der Waals surface area contributed by atoms with Crippen molar-refractivity contribution in [3.63, 3.8) is 0 Å². The van der Waals surface area contributed by atoms with Crippen molar-refractivity contribution in [2.24, 2.45) is 7.05 Å². The number of aromatic amines is 1. The van der Waals surface area contributed by atoms with Crippen LogP contribution >= 0.6 is 0 Å². The third-order valence-corrected chi connectivity index (χ3v) is 5.20. The van der Waals surface area contributed by atoms with Crippen LogP contribution in [-0.4, -0.2) is 28.7 Å². The summed E-state index contributed by atoms with van der Waals surface area (Å²) in [4.78, 5) is 27.4. The second kappa shape index (κ2) is 6.51. The number of aryl methyl sites for hydroxylation is 2. The van der Waals surface area contributed by atoms with Gasteiger partial charge in [-0.2, -0.15) is 0 Å². The van der Waals surface area contributed by atoms with Gasteiger partial charge in [0.2, 0.25) is 5.78 Å². The summed E-state index contributed by atoms with van der Waals surface area (Å²) in [6.07, 6.45) is 0. The van der Waals surface area contributed by atoms with Gasteiger partial charge in [-0.05, 0) is 24.6 Å². The quantitative estimate of drug-likeness (QED) is 0.499. The molecule has 1 N–H and O–H groups in total. The van der Waals surface area contributed by atoms with Crippen molar-refractivity contribution in [2.75, 3.05) is 0 Å². The molecular weight excluding hydrogens is 387 g/mol. The summed E-state index contributed by atoms with van der Waals surface area (Å²) < 4.78 is 18.1. The van der Waals surface area contributed by atoms with E-state index in [0.29, 0.717) is 22.8 Å². The van der Waals surface area contributed by atoms with Gasteiger partial charge in [0, 0.05) is 12.6 Å². The molecule has 0 unspecified atom stereocenters. The van der Waals surface area contributed by atoms with Crippen LogP contribution in [0.3, 0.4) is 0 Å². The predicted octanol–water partition coefficient (Wildman–Crippen LogP) is 2.23. The minimum absolute atomic E-state index is 0.264. The van der Waals surface area contributed by atoms with E-state index < -0.39 is 11.2 Å². The highest BCUT2D eigenvalue weighted by Gasteiger charge is 2.23. The number of benzene rings is 2. The fourth-order valence-electron chi connectivity index (χ4n) is 3.65. The Hall–Kier alpha value is -4.01. The number of fused-ring (bicyclic) bond motifs is 3. The van der Waals surface area contributed by atoms with Crippen LogP contribution in [0.2, 0.25) is 0 Å². The third kappa shape index (κ3) is 2.66. The molecular formula is C21H17FN6O2. The molecule has 0 fully saturated rings. The zero-order chi connectivity index (χ0) is 21.0. The van der Waals surface area contributed by atoms with E-state index in [-0.39, 0.29) is 12.4 Å². The highest BCUT2D eigenvalue weighted by atomic mass is 19.1. The Kier molecular flexibility index (Phi) is 3.92. The fraction of sp³-hybridized carbons (Fsp3) is 0.143. The van der Waals surface area contributed by atoms with Gasteiger partial charge in [-0.1, -0.05) is 42.0 Å². The number of hydrogen-bond donors (Lipinski definition) is 1. The molecule has 5 aromatic rings. The van der Waals surface area contributed by atoms with Gasteiger partial charge in [0.15, 0.2) is 17.0 Å². The Morgan fingerprint density at radius 2 is 1.70 bits per heavy atom. The first-order valence-electron chi connectivity index (χ1n) is 9.32. The monoisotopic (exact) mass is 404 g/mol. The maximum Gasteiger partial charge on any atom is 0.329 e. The molecule has 5 rings (SSSR count). The van der Waals surface area contributed by atoms with Crippen molar-refractivity contribution in [3.05, 3.63) is 86.3 Å². The van der Waals surface area contributed by atoms with Gasteiger partial charge in [0.05, 0.1) is 6.54 Å². The first kappa shape index (κ1) is 18.0. The average molecular weight is 404 g/mol. The third-order valence-electron chi connectivity index (χ3n) is 5.20. The summed E-state index contributed by atoms with van der Waals surface area (Å²) in [6.45, 7) is 2.25. The van der Waals surface area contributed by atoms with Crippen LogP contribution < -0.4 is 11.2 Å². The van der Waals surface area contributed by atoms with Crippen LogP contribution in [0.15, 0.2) is 58.1 Å². The number of aromatic nitrogens is 6. The second-order valence-electron chi connectivity index (χ2n) is 7.23. The van der Waals surface area contributed by atoms with Crippen LogP contribution in [0.5, 0.6) is 0 Å². The summed E-state index contributed by atoms with van der Waals surface area (Å²) in [6, 6.07) is 13.8. The molecule has 150 valence electrons. The lowest BCUT2D eigenvalue weighted by Crippen LogP contribution is -2.29. The molecule has 0 atom stereocenters. The maximum atomic E-state index is 13.3. The van der Waals surface area contributed by atoms with Crippen molar-refractivity contribution >= 4 is 16.9 Å². The molecule has 9 heteroatoms. The van der Waals surface area contributed by atoms with Crippen molar-refractivity contribution in [1.29, 1.82) is 0 Å². The first-order valence-corrected chi connectivity index (χ1v) is 9.32. The Balaban J connectivity index is 1.86. The lowest BCUT2D eigenvalue weighted by Gasteiger charge is -2.05. The van der Waals surface area contributed by atoms with E-state index in [9.17, 15) is 14.0 Å². The van der Waals surface area contributed by atoms with E-state index in [1.54, 1.807) is 28.1 Å². The van der Waals surface area contributed by atoms with Gasteiger partial charge in [0.1, 0.15) is 5.82 Å². The lowest BCUT2D eigenvalue weighted by atomic mass is 10.1. The van der Waals surface area contributed by atoms with Gasteiger partial charge >= 0.3 is 5.69 Å². The second-order valence-corrected chi connectivity index (χ2v) is 7.23. The highest BCUT2D eigenvalue weighted by Crippen LogP contribution is 2.25. The predicted molar refractivity (Wildman–Crippen MR) is 110 cm³/mol. The fourth-order valence-corrected chi connectivity index (χ4v) is 3.65. The molecule has 30 heavy (non-hydrogen) atoms. The topological polar surface area (TPSA) is 90.0 Å². The van der Waals surface area contributed by atoms with Gasteiger partial charge in [-0.3, -0.25) is 18.9 Å². The van der Waals surface area contributed by atoms with Crippen LogP contribution in [0.4, 0.5) is 4.39 Å². The zero-order valence-corrected chi connectivity index (χ0v) is 16.3. The van der Waals surface area contributed by atoms with E-state index in [2.05, 4.69) is 15.2 Å². The van der Waals surface area contributed by atoms with E-state index in [1.165, 1.54) is 16.7 Å². The van der Waals surface area contributed by atoms with Crippen molar-refractivity contribution < 1.29 is 4.39 Å². The number of H-pyrrole nitrogens is 1. The smallest absolute Gasteiger partial charge is 0.298 e. The zero-order valence-electron chi connectivity index (χ0n) is 16.3. The number of rotatable bonds is 3. The molecule has 0 spiro atoms. The first-order chi connectivity index (χ1) is 14.4. The van der Waals surface area contributed by atoms with Crippen molar-refractivity contribution in [2.45, 2.75) is 13.5 Å². The Morgan fingerprint density at radius 3 is 2.40 bits per heavy atom. The number of imidazole rings is 1. The molecule has 0 bridgehead atoms. The molecule has 8 nitrogen and oxygen atoms in total. The standard InChI is InChI=1S/C21H17FN6O2/c1-12-3-7-14(8-4-12)17-24-25-20-27(11-13-5-9-15(22)10-6-13)16-18(29)23-21(30)26(2)19(16)28(17)20/h3-10H,11H2,1-2H3,(H,23,29,30). The molecule has 0 aliphatic carbocycles. The van der Waals surface area contributed by atoms with E-state index in [0.717, 1.165) is 16.7 Å². The summed E-state index contributed by atoms with van der Waals surface area (Å²) in [5, 5.41) is 8.64. The Morgan fingerprint density at radius 1 is 1.00 bits per heavy atom. The molecule has 0 aliphatic rings. The molecule has 3 aromatic heterocycles. The summed E-state index contributed by atoms with van der Waals surface area (Å²) >= 11 is 0. The summed E-state index contributed by atoms with van der Waals surface area (Å²) in [5.41, 5.74) is 2.32. The highest BCUT2D eigenvalue weighted by molar-refractivity contribution is 5.79. The molecule has 0 radical (unpaired) electrons. The van der Waals surface area contributed by atoms with Gasteiger partial charge < -0.3 is 0 Å². The van der Waals surface area contributed by atoms with E-state index in [1.807, 2.05) is 31.2 Å². The van der Waals surface area contributed by atoms with E-state index in [4.69, 9.17) is 0 Å². The van der Waals surface area contributed by atoms with Gasteiger partial charge in [-0.15, -0.1) is 10.2 Å². The number of halogens is 1. The SMILES string of the molecule is Cc1ccc(-c2nnc3n(Cc4ccc(F)cc4)c4c(=O)[nH]c(=O)n(C)c4n23)cc1. The Labute approximate surface area is 168 Å². The molecule has 0 saturated carbocycles. The number of nitrogens with one attached hydrogen (secondary N) is 1. The van der Waals surface area contributed by atoms with Gasteiger partial charge in [-0.25, -0.2) is 13.6 Å². The molecule has 0 amide bonds. The minimum atomic E-state index is -0.531. The molecule has 2 aromatic carbocycles. The van der Waals surface area contributed by atoms with Crippen molar-refractivity contribution in [3.8, 4) is 11.4 Å². The molecule has 3 heterocycles. The summed E-state index contributed by atoms with van der Waals surface area (Å²) in [5.74, 6) is 0.593. The maximum absolute atomic E-state index is 13.3. The normalized spacial score (nSPS) is 11.6. The molecule has 0 saturated heterocycles. The molecule has 0 aliphatic heterocycles. The number of hydrogen-bond acceptors (Lipinski definition) is 4. The number of nitrogens with zero attached hydrogens (tertiary/aromatic N) is 5. The average Bonchev–Trinajstić information content (AvgIpc) is 3.28. The Bertz CT molecular complexity index is 1520. The van der Waals surface area contributed by atoms with Gasteiger partial charge in [0.25, 0.3) is 5.56 Å². The summed E-state index contributed by atoms with van der Waals surface area (Å²) in [7, 11) is 1.58. The van der Waals surface area contributed by atoms with Crippen LogP contribution in [0.1, 0.15) is 11.1 Å². The largest absolute Gasteiger partial charge is 0.329 e. The van der Waals surface area contributed by atoms with Crippen LogP contribution in [-0.2, 0) is 13.6 Å². The van der Waals surface area contributed by atoms with Crippen LogP contribution in [0, 0.1) is 12.7 Å². The van der Waals surface area contributed by atoms with Crippen LogP contribution in [0.25, 0.3) is 28.3 Å². The lowest BCUT2D eigenvalue weighted by molar-refractivity contribution is 0.626. The van der Waals surface area contributed by atoms with E-state index >= 15 is 0 Å².